The molecule has 0 bridgehead atoms. The topological polar surface area (TPSA) is 105 Å². The Balaban J connectivity index is 2.06. The Hall–Kier alpha value is -4.05. The van der Waals surface area contributed by atoms with Crippen LogP contribution in [0.5, 0.6) is 11.5 Å². The molecule has 0 aliphatic carbocycles. The van der Waals surface area contributed by atoms with Crippen molar-refractivity contribution < 1.29 is 27.5 Å². The van der Waals surface area contributed by atoms with Crippen molar-refractivity contribution in [1.82, 2.24) is 10.2 Å². The van der Waals surface area contributed by atoms with Crippen LogP contribution in [0.4, 0.5) is 5.69 Å². The van der Waals surface area contributed by atoms with E-state index >= 15 is 0 Å². The van der Waals surface area contributed by atoms with E-state index in [1.165, 1.54) is 24.1 Å². The van der Waals surface area contributed by atoms with Crippen LogP contribution in [0.1, 0.15) is 26.3 Å². The number of hydrogen-bond donors (Lipinski definition) is 1. The van der Waals surface area contributed by atoms with Gasteiger partial charge in [0.2, 0.25) is 11.8 Å². The van der Waals surface area contributed by atoms with Gasteiger partial charge in [0.25, 0.3) is 10.0 Å². The third-order valence-corrected chi connectivity index (χ3v) is 7.82. The third-order valence-electron chi connectivity index (χ3n) is 6.05. The highest BCUT2D eigenvalue weighted by molar-refractivity contribution is 7.92. The monoisotopic (exact) mass is 553 g/mol. The van der Waals surface area contributed by atoms with Gasteiger partial charge >= 0.3 is 0 Å². The maximum atomic E-state index is 14.0. The molecule has 0 saturated carbocycles. The Bertz CT molecular complexity index is 1380. The van der Waals surface area contributed by atoms with E-state index in [0.717, 1.165) is 9.87 Å². The van der Waals surface area contributed by atoms with Crippen molar-refractivity contribution >= 4 is 27.5 Å². The number of sulfonamides is 1. The van der Waals surface area contributed by atoms with Crippen LogP contribution in [-0.2, 0) is 26.2 Å². The van der Waals surface area contributed by atoms with Crippen molar-refractivity contribution in [3.63, 3.8) is 0 Å². The molecule has 0 radical (unpaired) electrons. The van der Waals surface area contributed by atoms with Crippen LogP contribution in [-0.4, -0.2) is 58.0 Å². The van der Waals surface area contributed by atoms with E-state index in [0.29, 0.717) is 5.75 Å². The van der Waals surface area contributed by atoms with Crippen molar-refractivity contribution in [1.29, 1.82) is 0 Å². The number of rotatable bonds is 12. The van der Waals surface area contributed by atoms with Crippen LogP contribution in [0, 0.1) is 0 Å². The van der Waals surface area contributed by atoms with Crippen molar-refractivity contribution in [3.8, 4) is 11.5 Å². The number of carbonyl (C=O) groups excluding carboxylic acids is 2. The quantitative estimate of drug-likeness (QED) is 0.365. The summed E-state index contributed by atoms with van der Waals surface area (Å²) >= 11 is 0. The lowest BCUT2D eigenvalue weighted by molar-refractivity contribution is -0.139. The van der Waals surface area contributed by atoms with Crippen LogP contribution in [0.15, 0.2) is 83.8 Å². The Morgan fingerprint density at radius 3 is 2.18 bits per heavy atom. The van der Waals surface area contributed by atoms with Crippen LogP contribution in [0.25, 0.3) is 0 Å². The van der Waals surface area contributed by atoms with Crippen molar-refractivity contribution in [3.05, 3.63) is 84.4 Å². The molecule has 39 heavy (non-hydrogen) atoms. The number of anilines is 1. The Morgan fingerprint density at radius 2 is 1.54 bits per heavy atom. The predicted molar refractivity (Wildman–Crippen MR) is 150 cm³/mol. The molecule has 0 fully saturated rings. The summed E-state index contributed by atoms with van der Waals surface area (Å²) in [5, 5.41) is 2.84. The molecule has 3 aromatic carbocycles. The molecule has 1 atom stereocenters. The Kier molecular flexibility index (Phi) is 9.95. The van der Waals surface area contributed by atoms with Crippen molar-refractivity contribution in [2.75, 3.05) is 25.1 Å². The van der Waals surface area contributed by atoms with E-state index in [2.05, 4.69) is 5.32 Å². The summed E-state index contributed by atoms with van der Waals surface area (Å²) in [6.45, 7) is 4.78. The van der Waals surface area contributed by atoms with Gasteiger partial charge < -0.3 is 19.7 Å². The van der Waals surface area contributed by atoms with Gasteiger partial charge in [-0.2, -0.15) is 0 Å². The first-order chi connectivity index (χ1) is 18.6. The molecular weight excluding hydrogens is 518 g/mol. The molecule has 1 unspecified atom stereocenters. The highest BCUT2D eigenvalue weighted by atomic mass is 32.2. The average molecular weight is 554 g/mol. The SMILES string of the molecule is COc1cccc(CN(C(=O)CN(c2ccccc2OC)S(=O)(=O)c2ccccc2)C(C)C(=O)NC(C)C)c1. The van der Waals surface area contributed by atoms with E-state index < -0.39 is 28.5 Å². The molecule has 0 aliphatic heterocycles. The number of nitrogens with one attached hydrogen (secondary N) is 1. The van der Waals surface area contributed by atoms with Gasteiger partial charge in [-0.1, -0.05) is 42.5 Å². The zero-order chi connectivity index (χ0) is 28.6. The standard InChI is InChI=1S/C29H35N3O6S/c1-21(2)30-29(34)22(3)31(19-23-12-11-13-24(18-23)37-4)28(33)20-32(26-16-9-10-17-27(26)38-5)39(35,36)25-14-7-6-8-15-25/h6-18,21-22H,19-20H2,1-5H3,(H,30,34). The van der Waals surface area contributed by atoms with Gasteiger partial charge in [0.15, 0.2) is 0 Å². The number of para-hydroxylation sites is 2. The molecule has 9 nitrogen and oxygen atoms in total. The molecular formula is C29H35N3O6S. The largest absolute Gasteiger partial charge is 0.497 e. The van der Waals surface area contributed by atoms with Gasteiger partial charge in [0.05, 0.1) is 24.8 Å². The molecule has 10 heteroatoms. The van der Waals surface area contributed by atoms with Crippen LogP contribution in [0.2, 0.25) is 0 Å². The average Bonchev–Trinajstić information content (AvgIpc) is 2.94. The highest BCUT2D eigenvalue weighted by Crippen LogP contribution is 2.32. The van der Waals surface area contributed by atoms with E-state index in [1.54, 1.807) is 74.7 Å². The maximum absolute atomic E-state index is 14.0. The fourth-order valence-electron chi connectivity index (χ4n) is 4.02. The molecule has 208 valence electrons. The number of benzene rings is 3. The fourth-order valence-corrected chi connectivity index (χ4v) is 5.47. The lowest BCUT2D eigenvalue weighted by Crippen LogP contribution is -2.52. The predicted octanol–water partition coefficient (Wildman–Crippen LogP) is 3.84. The minimum absolute atomic E-state index is 0.0219. The van der Waals surface area contributed by atoms with E-state index in [1.807, 2.05) is 19.9 Å². The summed E-state index contributed by atoms with van der Waals surface area (Å²) in [7, 11) is -1.20. The molecule has 3 aromatic rings. The fraction of sp³-hybridized carbons (Fsp3) is 0.310. The second-order valence-corrected chi connectivity index (χ2v) is 11.1. The van der Waals surface area contributed by atoms with Gasteiger partial charge in [-0.15, -0.1) is 0 Å². The summed E-state index contributed by atoms with van der Waals surface area (Å²) in [5.41, 5.74) is 0.930. The van der Waals surface area contributed by atoms with E-state index in [9.17, 15) is 18.0 Å². The second-order valence-electron chi connectivity index (χ2n) is 9.21. The van der Waals surface area contributed by atoms with E-state index in [-0.39, 0.29) is 34.8 Å². The molecule has 0 spiro atoms. The first-order valence-electron chi connectivity index (χ1n) is 12.5. The smallest absolute Gasteiger partial charge is 0.264 e. The molecule has 0 aromatic heterocycles. The lowest BCUT2D eigenvalue weighted by Gasteiger charge is -2.32. The minimum atomic E-state index is -4.18. The molecule has 0 aliphatic rings. The lowest BCUT2D eigenvalue weighted by atomic mass is 10.1. The van der Waals surface area contributed by atoms with Gasteiger partial charge in [-0.05, 0) is 62.7 Å². The number of methoxy groups -OCH3 is 2. The summed E-state index contributed by atoms with van der Waals surface area (Å²) in [6.07, 6.45) is 0. The molecule has 0 heterocycles. The molecule has 0 saturated heterocycles. The van der Waals surface area contributed by atoms with Gasteiger partial charge in [-0.3, -0.25) is 13.9 Å². The van der Waals surface area contributed by atoms with E-state index in [4.69, 9.17) is 9.47 Å². The van der Waals surface area contributed by atoms with Gasteiger partial charge in [-0.25, -0.2) is 8.42 Å². The zero-order valence-electron chi connectivity index (χ0n) is 22.8. The summed E-state index contributed by atoms with van der Waals surface area (Å²) in [6, 6.07) is 20.6. The third kappa shape index (κ3) is 7.29. The highest BCUT2D eigenvalue weighted by Gasteiger charge is 2.33. The molecule has 3 rings (SSSR count). The molecule has 1 N–H and O–H groups in total. The van der Waals surface area contributed by atoms with Crippen LogP contribution in [0.3, 0.4) is 0 Å². The Morgan fingerprint density at radius 1 is 0.872 bits per heavy atom. The first kappa shape index (κ1) is 29.5. The van der Waals surface area contributed by atoms with Crippen molar-refractivity contribution in [2.24, 2.45) is 0 Å². The van der Waals surface area contributed by atoms with Crippen LogP contribution < -0.4 is 19.1 Å². The first-order valence-corrected chi connectivity index (χ1v) is 14.0. The van der Waals surface area contributed by atoms with Gasteiger partial charge in [0, 0.05) is 12.6 Å². The zero-order valence-corrected chi connectivity index (χ0v) is 23.6. The maximum Gasteiger partial charge on any atom is 0.264 e. The summed E-state index contributed by atoms with van der Waals surface area (Å²) in [5.74, 6) is -0.0260. The number of carbonyl (C=O) groups is 2. The summed E-state index contributed by atoms with van der Waals surface area (Å²) < 4.78 is 39.5. The Labute approximate surface area is 230 Å². The van der Waals surface area contributed by atoms with Crippen molar-refractivity contribution in [2.45, 2.75) is 44.3 Å². The van der Waals surface area contributed by atoms with Gasteiger partial charge in [0.1, 0.15) is 24.1 Å². The molecule has 2 amide bonds. The number of hydrogen-bond acceptors (Lipinski definition) is 6. The van der Waals surface area contributed by atoms with Crippen LogP contribution >= 0.6 is 0 Å². The normalized spacial score (nSPS) is 11.9. The minimum Gasteiger partial charge on any atom is -0.497 e. The summed E-state index contributed by atoms with van der Waals surface area (Å²) in [4.78, 5) is 28.4. The number of amides is 2. The number of ether oxygens (including phenoxy) is 2. The number of nitrogens with zero attached hydrogens (tertiary/aromatic N) is 2. The second kappa shape index (κ2) is 13.1.